The Morgan fingerprint density at radius 2 is 1.46 bits per heavy atom. The molecule has 2 rings (SSSR count). The van der Waals surface area contributed by atoms with Crippen molar-refractivity contribution in [2.45, 2.75) is 6.04 Å². The number of amides is 1. The predicted molar refractivity (Wildman–Crippen MR) is 90.2 cm³/mol. The molecule has 0 heterocycles. The van der Waals surface area contributed by atoms with Gasteiger partial charge in [0.2, 0.25) is 5.76 Å². The molecule has 0 bridgehead atoms. The number of ether oxygens (including phenoxy) is 1. The smallest absolute Gasteiger partial charge is 0.373 e. The van der Waals surface area contributed by atoms with Gasteiger partial charge in [-0.1, -0.05) is 60.7 Å². The molecule has 0 saturated carbocycles. The van der Waals surface area contributed by atoms with E-state index < -0.39 is 17.6 Å². The van der Waals surface area contributed by atoms with Crippen LogP contribution in [0.1, 0.15) is 17.2 Å². The average Bonchev–Trinajstić information content (AvgIpc) is 2.62. The number of hydrogen-bond acceptors (Lipinski definition) is 4. The highest BCUT2D eigenvalue weighted by atomic mass is 16.5. The second-order valence-corrected chi connectivity index (χ2v) is 5.19. The van der Waals surface area contributed by atoms with Crippen molar-refractivity contribution in [1.82, 2.24) is 4.90 Å². The molecule has 124 valence electrons. The number of benzene rings is 2. The third kappa shape index (κ3) is 4.01. The molecule has 0 unspecified atom stereocenters. The molecule has 2 aromatic rings. The third-order valence-electron chi connectivity index (χ3n) is 3.62. The van der Waals surface area contributed by atoms with E-state index in [1.807, 2.05) is 60.7 Å². The first kappa shape index (κ1) is 17.3. The summed E-state index contributed by atoms with van der Waals surface area (Å²) in [6.45, 7) is 0. The molecule has 5 heteroatoms. The van der Waals surface area contributed by atoms with E-state index in [9.17, 15) is 14.7 Å². The Labute approximate surface area is 140 Å². The topological polar surface area (TPSA) is 66.8 Å². The van der Waals surface area contributed by atoms with Crippen molar-refractivity contribution in [3.05, 3.63) is 83.6 Å². The first-order valence-electron chi connectivity index (χ1n) is 7.40. The van der Waals surface area contributed by atoms with Gasteiger partial charge in [-0.3, -0.25) is 4.79 Å². The molecule has 1 amide bonds. The molecule has 1 N–H and O–H groups in total. The van der Waals surface area contributed by atoms with Gasteiger partial charge in [0.1, 0.15) is 0 Å². The molecular formula is C19H19NO4. The number of likely N-dealkylation sites (N-methyl/N-ethyl adjacent to an activating group) is 1. The van der Waals surface area contributed by atoms with E-state index >= 15 is 0 Å². The number of nitrogens with zero attached hydrogens (tertiary/aromatic N) is 1. The van der Waals surface area contributed by atoms with Crippen molar-refractivity contribution in [1.29, 1.82) is 0 Å². The lowest BCUT2D eigenvalue weighted by molar-refractivity contribution is -0.139. The molecule has 0 saturated heterocycles. The molecule has 0 aliphatic rings. The maximum Gasteiger partial charge on any atom is 0.373 e. The van der Waals surface area contributed by atoms with Crippen LogP contribution in [0.3, 0.4) is 0 Å². The SMILES string of the molecule is COC(=O)/C(O)=C/C(=O)N(C)C(c1ccccc1)c1ccccc1. The molecule has 0 aromatic heterocycles. The van der Waals surface area contributed by atoms with E-state index in [1.165, 1.54) is 4.90 Å². The Bertz CT molecular complexity index is 686. The van der Waals surface area contributed by atoms with Crippen LogP contribution in [0.4, 0.5) is 0 Å². The van der Waals surface area contributed by atoms with Gasteiger partial charge in [-0.25, -0.2) is 4.79 Å². The number of rotatable bonds is 5. The van der Waals surface area contributed by atoms with Gasteiger partial charge in [-0.2, -0.15) is 0 Å². The summed E-state index contributed by atoms with van der Waals surface area (Å²) in [6, 6.07) is 18.7. The van der Waals surface area contributed by atoms with Crippen LogP contribution in [0.5, 0.6) is 0 Å². The Morgan fingerprint density at radius 1 is 1.00 bits per heavy atom. The lowest BCUT2D eigenvalue weighted by atomic mass is 9.97. The Kier molecular flexibility index (Phi) is 5.73. The minimum atomic E-state index is -0.951. The summed E-state index contributed by atoms with van der Waals surface area (Å²) in [5.74, 6) is -2.18. The molecule has 5 nitrogen and oxygen atoms in total. The average molecular weight is 325 g/mol. The molecule has 24 heavy (non-hydrogen) atoms. The second kappa shape index (κ2) is 7.97. The van der Waals surface area contributed by atoms with Crippen LogP contribution >= 0.6 is 0 Å². The quantitative estimate of drug-likeness (QED) is 0.521. The first-order chi connectivity index (χ1) is 11.5. The van der Waals surface area contributed by atoms with Gasteiger partial charge in [-0.05, 0) is 11.1 Å². The molecule has 0 spiro atoms. The van der Waals surface area contributed by atoms with Gasteiger partial charge in [-0.15, -0.1) is 0 Å². The van der Waals surface area contributed by atoms with Gasteiger partial charge >= 0.3 is 5.97 Å². The standard InChI is InChI=1S/C19H19NO4/c1-20(17(22)13-16(21)19(23)24-2)18(14-9-5-3-6-10-14)15-11-7-4-8-12-15/h3-13,18,21H,1-2H3/b16-13-. The first-order valence-corrected chi connectivity index (χ1v) is 7.40. The largest absolute Gasteiger partial charge is 0.502 e. The maximum absolute atomic E-state index is 12.4. The van der Waals surface area contributed by atoms with Crippen molar-refractivity contribution in [3.63, 3.8) is 0 Å². The summed E-state index contributed by atoms with van der Waals surface area (Å²) in [4.78, 5) is 25.2. The fraction of sp³-hybridized carbons (Fsp3) is 0.158. The Morgan fingerprint density at radius 3 is 1.88 bits per heavy atom. The zero-order chi connectivity index (χ0) is 17.5. The molecule has 0 aliphatic carbocycles. The molecule has 0 fully saturated rings. The van der Waals surface area contributed by atoms with E-state index in [2.05, 4.69) is 4.74 Å². The number of methoxy groups -OCH3 is 1. The minimum absolute atomic E-state index is 0.346. The zero-order valence-electron chi connectivity index (χ0n) is 13.5. The van der Waals surface area contributed by atoms with Gasteiger partial charge in [0.15, 0.2) is 0 Å². The van der Waals surface area contributed by atoms with Crippen LogP contribution in [-0.4, -0.2) is 36.0 Å². The van der Waals surface area contributed by atoms with Gasteiger partial charge in [0, 0.05) is 7.05 Å². The van der Waals surface area contributed by atoms with Crippen LogP contribution in [0.15, 0.2) is 72.5 Å². The summed E-state index contributed by atoms with van der Waals surface area (Å²) < 4.78 is 4.39. The summed E-state index contributed by atoms with van der Waals surface area (Å²) in [6.07, 6.45) is 0.866. The Balaban J connectivity index is 2.37. The van der Waals surface area contributed by atoms with Gasteiger partial charge in [0.05, 0.1) is 19.2 Å². The highest BCUT2D eigenvalue weighted by Crippen LogP contribution is 2.27. The van der Waals surface area contributed by atoms with E-state index in [0.717, 1.165) is 24.3 Å². The lowest BCUT2D eigenvalue weighted by Crippen LogP contribution is -2.31. The van der Waals surface area contributed by atoms with Gasteiger partial charge < -0.3 is 14.7 Å². The fourth-order valence-corrected chi connectivity index (χ4v) is 2.42. The van der Waals surface area contributed by atoms with Crippen molar-refractivity contribution in [3.8, 4) is 0 Å². The van der Waals surface area contributed by atoms with Crippen LogP contribution in [0.25, 0.3) is 0 Å². The maximum atomic E-state index is 12.4. The summed E-state index contributed by atoms with van der Waals surface area (Å²) in [7, 11) is 2.76. The second-order valence-electron chi connectivity index (χ2n) is 5.19. The molecule has 2 aromatic carbocycles. The molecule has 0 radical (unpaired) electrons. The predicted octanol–water partition coefficient (Wildman–Crippen LogP) is 2.85. The Hall–Kier alpha value is -3.08. The van der Waals surface area contributed by atoms with Crippen molar-refractivity contribution in [2.24, 2.45) is 0 Å². The fourth-order valence-electron chi connectivity index (χ4n) is 2.42. The van der Waals surface area contributed by atoms with E-state index in [4.69, 9.17) is 0 Å². The van der Waals surface area contributed by atoms with E-state index in [0.29, 0.717) is 0 Å². The monoisotopic (exact) mass is 325 g/mol. The highest BCUT2D eigenvalue weighted by Gasteiger charge is 2.23. The summed E-state index contributed by atoms with van der Waals surface area (Å²) in [5, 5.41) is 9.60. The number of hydrogen-bond donors (Lipinski definition) is 1. The highest BCUT2D eigenvalue weighted by molar-refractivity contribution is 5.96. The molecule has 0 atom stereocenters. The minimum Gasteiger partial charge on any atom is -0.502 e. The normalized spacial score (nSPS) is 11.2. The van der Waals surface area contributed by atoms with Crippen molar-refractivity contribution >= 4 is 11.9 Å². The lowest BCUT2D eigenvalue weighted by Gasteiger charge is -2.28. The number of esters is 1. The van der Waals surface area contributed by atoms with Crippen molar-refractivity contribution < 1.29 is 19.4 Å². The number of carbonyl (C=O) groups excluding carboxylic acids is 2. The summed E-state index contributed by atoms with van der Waals surface area (Å²) >= 11 is 0. The third-order valence-corrected chi connectivity index (χ3v) is 3.62. The van der Waals surface area contributed by atoms with Crippen LogP contribution in [0, 0.1) is 0 Å². The number of carbonyl (C=O) groups is 2. The van der Waals surface area contributed by atoms with E-state index in [-0.39, 0.29) is 6.04 Å². The number of aliphatic hydroxyl groups is 1. The van der Waals surface area contributed by atoms with Crippen LogP contribution in [-0.2, 0) is 14.3 Å². The molecular weight excluding hydrogens is 306 g/mol. The van der Waals surface area contributed by atoms with Gasteiger partial charge in [0.25, 0.3) is 5.91 Å². The van der Waals surface area contributed by atoms with E-state index in [1.54, 1.807) is 7.05 Å². The summed E-state index contributed by atoms with van der Waals surface area (Å²) in [5.41, 5.74) is 1.84. The number of aliphatic hydroxyl groups excluding tert-OH is 1. The van der Waals surface area contributed by atoms with Crippen molar-refractivity contribution in [2.75, 3.05) is 14.2 Å². The molecule has 0 aliphatic heterocycles. The van der Waals surface area contributed by atoms with Crippen LogP contribution < -0.4 is 0 Å². The van der Waals surface area contributed by atoms with Crippen LogP contribution in [0.2, 0.25) is 0 Å². The zero-order valence-corrected chi connectivity index (χ0v) is 13.5.